The predicted molar refractivity (Wildman–Crippen MR) is 99.8 cm³/mol. The van der Waals surface area contributed by atoms with Gasteiger partial charge in [-0.15, -0.1) is 0 Å². The zero-order valence-corrected chi connectivity index (χ0v) is 15.8. The lowest BCUT2D eigenvalue weighted by atomic mass is 10.0. The fraction of sp³-hybridized carbons (Fsp3) is 0.550. The molecule has 0 spiro atoms. The summed E-state index contributed by atoms with van der Waals surface area (Å²) in [5, 5.41) is 0. The first-order valence-electron chi connectivity index (χ1n) is 9.31. The van der Waals surface area contributed by atoms with Crippen molar-refractivity contribution in [2.24, 2.45) is 5.92 Å². The molecule has 26 heavy (non-hydrogen) atoms. The molecule has 0 saturated carbocycles. The van der Waals surface area contributed by atoms with Crippen LogP contribution in [0.4, 0.5) is 5.69 Å². The van der Waals surface area contributed by atoms with Crippen molar-refractivity contribution in [3.8, 4) is 0 Å². The molecule has 2 aliphatic heterocycles. The molecule has 140 valence electrons. The Morgan fingerprint density at radius 2 is 1.58 bits per heavy atom. The molecule has 0 aliphatic carbocycles. The molecular formula is C20H27N3O3. The summed E-state index contributed by atoms with van der Waals surface area (Å²) in [6, 6.07) is 8.02. The highest BCUT2D eigenvalue weighted by atomic mass is 16.2. The van der Waals surface area contributed by atoms with Crippen LogP contribution in [0.5, 0.6) is 0 Å². The predicted octanol–water partition coefficient (Wildman–Crippen LogP) is 1.85. The van der Waals surface area contributed by atoms with Gasteiger partial charge in [0.05, 0.1) is 5.92 Å². The fourth-order valence-corrected chi connectivity index (χ4v) is 3.66. The van der Waals surface area contributed by atoms with Crippen molar-refractivity contribution in [2.75, 3.05) is 37.6 Å². The van der Waals surface area contributed by atoms with Gasteiger partial charge in [-0.25, -0.2) is 0 Å². The zero-order valence-electron chi connectivity index (χ0n) is 15.8. The molecule has 0 radical (unpaired) electrons. The van der Waals surface area contributed by atoms with Crippen molar-refractivity contribution in [1.82, 2.24) is 9.80 Å². The summed E-state index contributed by atoms with van der Waals surface area (Å²) in [7, 11) is 0. The van der Waals surface area contributed by atoms with E-state index in [1.165, 1.54) is 5.56 Å². The van der Waals surface area contributed by atoms with Gasteiger partial charge in [-0.3, -0.25) is 14.4 Å². The quantitative estimate of drug-likeness (QED) is 0.829. The molecule has 3 amide bonds. The Balaban J connectivity index is 1.62. The highest BCUT2D eigenvalue weighted by molar-refractivity contribution is 6.00. The van der Waals surface area contributed by atoms with Crippen LogP contribution in [0, 0.1) is 5.92 Å². The molecule has 1 atom stereocenters. The summed E-state index contributed by atoms with van der Waals surface area (Å²) in [4.78, 5) is 41.9. The summed E-state index contributed by atoms with van der Waals surface area (Å²) >= 11 is 0. The summed E-state index contributed by atoms with van der Waals surface area (Å²) < 4.78 is 0. The molecule has 1 aromatic carbocycles. The lowest BCUT2D eigenvalue weighted by molar-refractivity contribution is -0.141. The van der Waals surface area contributed by atoms with E-state index >= 15 is 0 Å². The molecule has 2 fully saturated rings. The Morgan fingerprint density at radius 3 is 2.12 bits per heavy atom. The van der Waals surface area contributed by atoms with Gasteiger partial charge in [-0.2, -0.15) is 0 Å². The van der Waals surface area contributed by atoms with Crippen LogP contribution in [0.15, 0.2) is 24.3 Å². The number of carbonyl (C=O) groups excluding carboxylic acids is 3. The Hall–Kier alpha value is -2.37. The Morgan fingerprint density at radius 1 is 1.00 bits per heavy atom. The number of hydrogen-bond acceptors (Lipinski definition) is 3. The van der Waals surface area contributed by atoms with E-state index in [0.717, 1.165) is 5.69 Å². The van der Waals surface area contributed by atoms with Gasteiger partial charge in [0.25, 0.3) is 0 Å². The number of anilines is 1. The van der Waals surface area contributed by atoms with Gasteiger partial charge in [0, 0.05) is 51.8 Å². The maximum absolute atomic E-state index is 12.8. The number of benzene rings is 1. The first-order chi connectivity index (χ1) is 12.4. The van der Waals surface area contributed by atoms with E-state index in [1.54, 1.807) is 21.6 Å². The van der Waals surface area contributed by atoms with Gasteiger partial charge < -0.3 is 14.7 Å². The van der Waals surface area contributed by atoms with E-state index in [9.17, 15) is 14.4 Å². The maximum Gasteiger partial charge on any atom is 0.228 e. The highest BCUT2D eigenvalue weighted by Gasteiger charge is 2.38. The number of nitrogens with zero attached hydrogens (tertiary/aromatic N) is 3. The maximum atomic E-state index is 12.8. The minimum absolute atomic E-state index is 0.00280. The van der Waals surface area contributed by atoms with Gasteiger partial charge in [0.1, 0.15) is 0 Å². The summed E-state index contributed by atoms with van der Waals surface area (Å²) in [5.74, 6) is 0.229. The monoisotopic (exact) mass is 357 g/mol. The number of piperazine rings is 1. The molecular weight excluding hydrogens is 330 g/mol. The molecule has 2 aliphatic rings. The third kappa shape index (κ3) is 3.74. The highest BCUT2D eigenvalue weighted by Crippen LogP contribution is 2.28. The lowest BCUT2D eigenvalue weighted by Gasteiger charge is -2.35. The van der Waals surface area contributed by atoms with Crippen molar-refractivity contribution in [1.29, 1.82) is 0 Å². The standard InChI is InChI=1S/C20H27N3O3/c1-14(2)16-4-6-18(7-5-16)23-13-17(12-19(23)25)20(26)22-10-8-21(9-11-22)15(3)24/h4-7,14,17H,8-13H2,1-3H3/t17-/m0/s1. The number of rotatable bonds is 3. The second-order valence-electron chi connectivity index (χ2n) is 7.48. The van der Waals surface area contributed by atoms with E-state index in [0.29, 0.717) is 38.6 Å². The molecule has 1 aromatic rings. The van der Waals surface area contributed by atoms with Crippen LogP contribution in [0.2, 0.25) is 0 Å². The molecule has 6 nitrogen and oxygen atoms in total. The minimum Gasteiger partial charge on any atom is -0.339 e. The Bertz CT molecular complexity index is 691. The van der Waals surface area contributed by atoms with Crippen LogP contribution in [-0.4, -0.2) is 60.2 Å². The number of carbonyl (C=O) groups is 3. The summed E-state index contributed by atoms with van der Waals surface area (Å²) in [5.41, 5.74) is 2.09. The smallest absolute Gasteiger partial charge is 0.228 e. The van der Waals surface area contributed by atoms with Crippen molar-refractivity contribution in [3.63, 3.8) is 0 Å². The van der Waals surface area contributed by atoms with Gasteiger partial charge in [0.2, 0.25) is 17.7 Å². The van der Waals surface area contributed by atoms with Gasteiger partial charge in [0.15, 0.2) is 0 Å². The first kappa shape index (κ1) is 18.4. The van der Waals surface area contributed by atoms with E-state index < -0.39 is 0 Å². The van der Waals surface area contributed by atoms with E-state index in [2.05, 4.69) is 13.8 Å². The second kappa shape index (κ2) is 7.48. The average molecular weight is 357 g/mol. The summed E-state index contributed by atoms with van der Waals surface area (Å²) in [6.45, 7) is 8.50. The van der Waals surface area contributed by atoms with Crippen LogP contribution in [0.1, 0.15) is 38.7 Å². The molecule has 0 aromatic heterocycles. The third-order valence-electron chi connectivity index (χ3n) is 5.38. The number of hydrogen-bond donors (Lipinski definition) is 0. The average Bonchev–Trinajstić information content (AvgIpc) is 3.03. The fourth-order valence-electron chi connectivity index (χ4n) is 3.66. The van der Waals surface area contributed by atoms with Crippen LogP contribution < -0.4 is 4.90 Å². The van der Waals surface area contributed by atoms with Crippen molar-refractivity contribution < 1.29 is 14.4 Å². The van der Waals surface area contributed by atoms with E-state index in [4.69, 9.17) is 0 Å². The molecule has 2 saturated heterocycles. The second-order valence-corrected chi connectivity index (χ2v) is 7.48. The minimum atomic E-state index is -0.295. The third-order valence-corrected chi connectivity index (χ3v) is 5.38. The van der Waals surface area contributed by atoms with E-state index in [1.807, 2.05) is 24.3 Å². The lowest BCUT2D eigenvalue weighted by Crippen LogP contribution is -2.51. The molecule has 0 bridgehead atoms. The van der Waals surface area contributed by atoms with Crippen molar-refractivity contribution in [2.45, 2.75) is 33.1 Å². The van der Waals surface area contributed by atoms with Crippen molar-refractivity contribution >= 4 is 23.4 Å². The Kier molecular flexibility index (Phi) is 5.30. The van der Waals surface area contributed by atoms with Crippen LogP contribution in [0.25, 0.3) is 0 Å². The topological polar surface area (TPSA) is 60.9 Å². The normalized spacial score (nSPS) is 20.8. The van der Waals surface area contributed by atoms with Gasteiger partial charge >= 0.3 is 0 Å². The van der Waals surface area contributed by atoms with Crippen LogP contribution in [-0.2, 0) is 14.4 Å². The van der Waals surface area contributed by atoms with Gasteiger partial charge in [-0.1, -0.05) is 26.0 Å². The molecule has 6 heteroatoms. The van der Waals surface area contributed by atoms with Gasteiger partial charge in [-0.05, 0) is 23.6 Å². The molecule has 0 unspecified atom stereocenters. The van der Waals surface area contributed by atoms with Crippen molar-refractivity contribution in [3.05, 3.63) is 29.8 Å². The van der Waals surface area contributed by atoms with E-state index in [-0.39, 0.29) is 30.1 Å². The molecule has 0 N–H and O–H groups in total. The summed E-state index contributed by atoms with van der Waals surface area (Å²) in [6.07, 6.45) is 0.262. The first-order valence-corrected chi connectivity index (χ1v) is 9.31. The molecule has 3 rings (SSSR count). The molecule has 2 heterocycles. The van der Waals surface area contributed by atoms with Crippen LogP contribution >= 0.6 is 0 Å². The number of amides is 3. The SMILES string of the molecule is CC(=O)N1CCN(C(=O)[C@H]2CC(=O)N(c3ccc(C(C)C)cc3)C2)CC1. The zero-order chi connectivity index (χ0) is 18.8. The largest absolute Gasteiger partial charge is 0.339 e. The Labute approximate surface area is 154 Å². The van der Waals surface area contributed by atoms with Crippen LogP contribution in [0.3, 0.4) is 0 Å².